The van der Waals surface area contributed by atoms with Crippen molar-refractivity contribution in [1.82, 2.24) is 5.32 Å². The summed E-state index contributed by atoms with van der Waals surface area (Å²) in [6.07, 6.45) is 0.760. The molecule has 0 saturated carbocycles. The Morgan fingerprint density at radius 1 is 1.53 bits per heavy atom. The Hall–Kier alpha value is -1.54. The maximum Gasteiger partial charge on any atom is 0.251 e. The lowest BCUT2D eigenvalue weighted by Crippen LogP contribution is -2.25. The number of benzene rings is 1. The van der Waals surface area contributed by atoms with Crippen molar-refractivity contribution in [1.29, 1.82) is 0 Å². The molecule has 0 radical (unpaired) electrons. The van der Waals surface area contributed by atoms with Crippen LogP contribution in [0.5, 0.6) is 0 Å². The van der Waals surface area contributed by atoms with Gasteiger partial charge in [0.2, 0.25) is 0 Å². The van der Waals surface area contributed by atoms with E-state index in [9.17, 15) is 4.79 Å². The molecule has 2 N–H and O–H groups in total. The predicted molar refractivity (Wildman–Crippen MR) is 74.2 cm³/mol. The van der Waals surface area contributed by atoms with E-state index in [1.165, 1.54) is 0 Å². The molecule has 0 aliphatic rings. The molecule has 4 nitrogen and oxygen atoms in total. The second-order valence-corrected chi connectivity index (χ2v) is 4.16. The summed E-state index contributed by atoms with van der Waals surface area (Å²) in [6, 6.07) is 4.88. The number of amides is 1. The van der Waals surface area contributed by atoms with E-state index in [2.05, 4.69) is 17.2 Å². The molecular formula is C14H16ClNO3. The van der Waals surface area contributed by atoms with Gasteiger partial charge in [0.05, 0.1) is 5.02 Å². The summed E-state index contributed by atoms with van der Waals surface area (Å²) in [7, 11) is 1.62. The molecule has 0 heterocycles. The average molecular weight is 282 g/mol. The summed E-state index contributed by atoms with van der Waals surface area (Å²) in [6.45, 7) is 0.936. The number of ether oxygens (including phenoxy) is 1. The number of aliphatic hydroxyl groups excluding tert-OH is 1. The molecule has 0 aliphatic heterocycles. The van der Waals surface area contributed by atoms with Crippen LogP contribution in [0.1, 0.15) is 22.3 Å². The topological polar surface area (TPSA) is 58.6 Å². The molecule has 0 fully saturated rings. The van der Waals surface area contributed by atoms with Gasteiger partial charge in [-0.3, -0.25) is 4.79 Å². The minimum Gasteiger partial charge on any atom is -0.385 e. The van der Waals surface area contributed by atoms with Crippen LogP contribution in [-0.2, 0) is 4.74 Å². The van der Waals surface area contributed by atoms with E-state index in [0.717, 1.165) is 6.42 Å². The summed E-state index contributed by atoms with van der Waals surface area (Å²) >= 11 is 6.01. The van der Waals surface area contributed by atoms with Crippen LogP contribution < -0.4 is 5.32 Å². The average Bonchev–Trinajstić information content (AvgIpc) is 2.42. The standard InChI is InChI=1S/C14H16ClNO3/c1-19-9-3-7-16-14(18)12-6-5-11(4-2-8-17)13(15)10-12/h5-6,10,17H,3,7-9H2,1H3,(H,16,18). The minimum absolute atomic E-state index is 0.181. The second kappa shape index (κ2) is 8.54. The van der Waals surface area contributed by atoms with Crippen molar-refractivity contribution in [2.24, 2.45) is 0 Å². The third kappa shape index (κ3) is 5.31. The highest BCUT2D eigenvalue weighted by molar-refractivity contribution is 6.32. The fourth-order valence-corrected chi connectivity index (χ4v) is 1.64. The van der Waals surface area contributed by atoms with Gasteiger partial charge >= 0.3 is 0 Å². The summed E-state index contributed by atoms with van der Waals surface area (Å²) in [5.41, 5.74) is 1.07. The fraction of sp³-hybridized carbons (Fsp3) is 0.357. The van der Waals surface area contributed by atoms with E-state index >= 15 is 0 Å². The zero-order valence-corrected chi connectivity index (χ0v) is 11.5. The summed E-state index contributed by atoms with van der Waals surface area (Å²) in [5, 5.41) is 11.8. The van der Waals surface area contributed by atoms with E-state index in [-0.39, 0.29) is 12.5 Å². The maximum atomic E-state index is 11.8. The van der Waals surface area contributed by atoms with Crippen molar-refractivity contribution in [2.45, 2.75) is 6.42 Å². The Balaban J connectivity index is 2.64. The summed E-state index contributed by atoms with van der Waals surface area (Å²) in [5.74, 6) is 5.04. The highest BCUT2D eigenvalue weighted by atomic mass is 35.5. The molecule has 5 heteroatoms. The van der Waals surface area contributed by atoms with Gasteiger partial charge in [-0.15, -0.1) is 0 Å². The second-order valence-electron chi connectivity index (χ2n) is 3.76. The Bertz CT molecular complexity index is 491. The number of rotatable bonds is 5. The van der Waals surface area contributed by atoms with Crippen molar-refractivity contribution in [3.05, 3.63) is 34.3 Å². The number of aliphatic hydroxyl groups is 1. The number of carbonyl (C=O) groups excluding carboxylic acids is 1. The predicted octanol–water partition coefficient (Wildman–Crippen LogP) is 1.45. The van der Waals surface area contributed by atoms with Crippen molar-refractivity contribution in [2.75, 3.05) is 26.9 Å². The molecule has 102 valence electrons. The van der Waals surface area contributed by atoms with Crippen LogP contribution in [0.15, 0.2) is 18.2 Å². The monoisotopic (exact) mass is 281 g/mol. The number of hydrogen-bond donors (Lipinski definition) is 2. The molecule has 0 saturated heterocycles. The van der Waals surface area contributed by atoms with Gasteiger partial charge in [0.25, 0.3) is 5.91 Å². The Morgan fingerprint density at radius 2 is 2.32 bits per heavy atom. The van der Waals surface area contributed by atoms with Crippen LogP contribution in [0, 0.1) is 11.8 Å². The van der Waals surface area contributed by atoms with Gasteiger partial charge in [-0.2, -0.15) is 0 Å². The van der Waals surface area contributed by atoms with E-state index in [4.69, 9.17) is 21.4 Å². The van der Waals surface area contributed by atoms with Gasteiger partial charge in [-0.25, -0.2) is 0 Å². The number of methoxy groups -OCH3 is 1. The number of hydrogen-bond acceptors (Lipinski definition) is 3. The highest BCUT2D eigenvalue weighted by Gasteiger charge is 2.07. The van der Waals surface area contributed by atoms with Crippen molar-refractivity contribution >= 4 is 17.5 Å². The number of carbonyl (C=O) groups is 1. The summed E-state index contributed by atoms with van der Waals surface area (Å²) in [4.78, 5) is 11.8. The SMILES string of the molecule is COCCCNC(=O)c1ccc(C#CCO)c(Cl)c1. The van der Waals surface area contributed by atoms with Crippen LogP contribution in [0.25, 0.3) is 0 Å². The smallest absolute Gasteiger partial charge is 0.251 e. The minimum atomic E-state index is -0.224. The normalized spacial score (nSPS) is 9.63. The van der Waals surface area contributed by atoms with Gasteiger partial charge in [0.15, 0.2) is 0 Å². The lowest BCUT2D eigenvalue weighted by Gasteiger charge is -2.06. The molecule has 1 aromatic rings. The zero-order chi connectivity index (χ0) is 14.1. The first kappa shape index (κ1) is 15.5. The third-order valence-electron chi connectivity index (χ3n) is 2.34. The zero-order valence-electron chi connectivity index (χ0n) is 10.7. The molecule has 0 aliphatic carbocycles. The van der Waals surface area contributed by atoms with Crippen LogP contribution in [0.4, 0.5) is 0 Å². The molecule has 0 spiro atoms. The Morgan fingerprint density at radius 3 is 2.95 bits per heavy atom. The molecule has 1 amide bonds. The van der Waals surface area contributed by atoms with Gasteiger partial charge in [0.1, 0.15) is 6.61 Å². The first-order chi connectivity index (χ1) is 9.19. The lowest BCUT2D eigenvalue weighted by atomic mass is 10.1. The van der Waals surface area contributed by atoms with Crippen LogP contribution >= 0.6 is 11.6 Å². The van der Waals surface area contributed by atoms with Crippen LogP contribution in [0.2, 0.25) is 5.02 Å². The van der Waals surface area contributed by atoms with Crippen LogP contribution in [0.3, 0.4) is 0 Å². The van der Waals surface area contributed by atoms with Crippen molar-refractivity contribution in [3.8, 4) is 11.8 Å². The molecular weight excluding hydrogens is 266 g/mol. The van der Waals surface area contributed by atoms with Gasteiger partial charge in [-0.1, -0.05) is 23.4 Å². The van der Waals surface area contributed by atoms with Crippen molar-refractivity contribution < 1.29 is 14.6 Å². The van der Waals surface area contributed by atoms with Crippen LogP contribution in [-0.4, -0.2) is 37.9 Å². The molecule has 0 atom stereocenters. The van der Waals surface area contributed by atoms with Crippen molar-refractivity contribution in [3.63, 3.8) is 0 Å². The first-order valence-corrected chi connectivity index (χ1v) is 6.23. The Kier molecular flexibility index (Phi) is 6.98. The van der Waals surface area contributed by atoms with E-state index < -0.39 is 0 Å². The number of halogens is 1. The quantitative estimate of drug-likeness (QED) is 0.634. The van der Waals surface area contributed by atoms with E-state index in [1.54, 1.807) is 25.3 Å². The van der Waals surface area contributed by atoms with Gasteiger partial charge in [-0.05, 0) is 24.6 Å². The van der Waals surface area contributed by atoms with E-state index in [1.807, 2.05) is 0 Å². The summed E-state index contributed by atoms with van der Waals surface area (Å²) < 4.78 is 4.89. The van der Waals surface area contributed by atoms with E-state index in [0.29, 0.717) is 29.3 Å². The molecule has 0 bridgehead atoms. The molecule has 0 unspecified atom stereocenters. The number of nitrogens with one attached hydrogen (secondary N) is 1. The largest absolute Gasteiger partial charge is 0.385 e. The highest BCUT2D eigenvalue weighted by Crippen LogP contribution is 2.16. The molecule has 19 heavy (non-hydrogen) atoms. The first-order valence-electron chi connectivity index (χ1n) is 5.85. The van der Waals surface area contributed by atoms with Gasteiger partial charge < -0.3 is 15.2 Å². The molecule has 0 aromatic heterocycles. The lowest BCUT2D eigenvalue weighted by molar-refractivity contribution is 0.0948. The van der Waals surface area contributed by atoms with Gasteiger partial charge in [0, 0.05) is 31.4 Å². The third-order valence-corrected chi connectivity index (χ3v) is 2.66. The molecule has 1 rings (SSSR count). The maximum absolute atomic E-state index is 11.8. The molecule has 1 aromatic carbocycles. The Labute approximate surface area is 117 Å². The fourth-order valence-electron chi connectivity index (χ4n) is 1.41.